The van der Waals surface area contributed by atoms with Gasteiger partial charge in [-0.15, -0.1) is 10.2 Å². The number of rotatable bonds is 7. The van der Waals surface area contributed by atoms with Crippen LogP contribution in [-0.4, -0.2) is 21.7 Å². The third-order valence-corrected chi connectivity index (χ3v) is 4.22. The van der Waals surface area contributed by atoms with Crippen molar-refractivity contribution in [2.24, 2.45) is 0 Å². The van der Waals surface area contributed by atoms with Gasteiger partial charge in [0.25, 0.3) is 16.8 Å². The molecule has 0 fully saturated rings. The Morgan fingerprint density at radius 2 is 1.92 bits per heavy atom. The molecule has 1 aromatic heterocycles. The molecule has 0 radical (unpaired) electrons. The van der Waals surface area contributed by atoms with E-state index in [9.17, 15) is 10.1 Å². The molecule has 7 nitrogen and oxygen atoms in total. The molecule has 0 bridgehead atoms. The van der Waals surface area contributed by atoms with Gasteiger partial charge in [-0.2, -0.15) is 0 Å². The molecule has 0 aliphatic rings. The molecule has 0 N–H and O–H groups in total. The number of hydrogen-bond donors (Lipinski definition) is 0. The summed E-state index contributed by atoms with van der Waals surface area (Å²) in [5, 5.41) is 19.2. The molecule has 25 heavy (non-hydrogen) atoms. The topological polar surface area (TPSA) is 91.3 Å². The van der Waals surface area contributed by atoms with Crippen molar-refractivity contribution in [1.29, 1.82) is 0 Å². The molecule has 3 rings (SSSR count). The second kappa shape index (κ2) is 7.80. The van der Waals surface area contributed by atoms with E-state index in [1.165, 1.54) is 23.9 Å². The minimum Gasteiger partial charge on any atom is -0.493 e. The first-order valence-corrected chi connectivity index (χ1v) is 8.57. The Morgan fingerprint density at radius 1 is 1.16 bits per heavy atom. The molecule has 0 unspecified atom stereocenters. The normalized spacial score (nSPS) is 10.6. The summed E-state index contributed by atoms with van der Waals surface area (Å²) in [7, 11) is 0. The van der Waals surface area contributed by atoms with Gasteiger partial charge in [-0.25, -0.2) is 0 Å². The second-order valence-corrected chi connectivity index (χ2v) is 5.94. The fourth-order valence-corrected chi connectivity index (χ4v) is 2.88. The molecule has 1 heterocycles. The van der Waals surface area contributed by atoms with E-state index in [4.69, 9.17) is 9.15 Å². The second-order valence-electron chi connectivity index (χ2n) is 5.01. The lowest BCUT2D eigenvalue weighted by Crippen LogP contribution is -1.93. The molecule has 0 amide bonds. The molecule has 0 saturated heterocycles. The van der Waals surface area contributed by atoms with Crippen molar-refractivity contribution in [2.75, 3.05) is 6.61 Å². The van der Waals surface area contributed by atoms with Gasteiger partial charge in [0.2, 0.25) is 0 Å². The van der Waals surface area contributed by atoms with Crippen molar-refractivity contribution < 1.29 is 14.1 Å². The largest absolute Gasteiger partial charge is 0.493 e. The van der Waals surface area contributed by atoms with Crippen molar-refractivity contribution in [1.82, 2.24) is 10.2 Å². The van der Waals surface area contributed by atoms with Crippen LogP contribution in [0, 0.1) is 10.1 Å². The summed E-state index contributed by atoms with van der Waals surface area (Å²) >= 11 is 1.37. The van der Waals surface area contributed by atoms with Gasteiger partial charge >= 0.3 is 0 Å². The first-order valence-electron chi connectivity index (χ1n) is 7.59. The number of aromatic nitrogens is 2. The van der Waals surface area contributed by atoms with Gasteiger partial charge < -0.3 is 9.15 Å². The lowest BCUT2D eigenvalue weighted by molar-refractivity contribution is -0.384. The van der Waals surface area contributed by atoms with Crippen molar-refractivity contribution in [3.05, 3.63) is 64.2 Å². The van der Waals surface area contributed by atoms with E-state index in [-0.39, 0.29) is 5.69 Å². The van der Waals surface area contributed by atoms with Crippen molar-refractivity contribution in [3.63, 3.8) is 0 Å². The number of nitro benzene ring substituents is 1. The van der Waals surface area contributed by atoms with Gasteiger partial charge in [0.05, 0.1) is 17.1 Å². The van der Waals surface area contributed by atoms with Crippen molar-refractivity contribution in [2.45, 2.75) is 17.9 Å². The monoisotopic (exact) mass is 357 g/mol. The summed E-state index contributed by atoms with van der Waals surface area (Å²) in [5.74, 6) is 1.67. The number of non-ortho nitro benzene ring substituents is 1. The quantitative estimate of drug-likeness (QED) is 0.353. The van der Waals surface area contributed by atoms with E-state index in [0.29, 0.717) is 29.2 Å². The van der Waals surface area contributed by atoms with Crippen LogP contribution in [0.5, 0.6) is 5.75 Å². The van der Waals surface area contributed by atoms with Crippen LogP contribution < -0.4 is 4.74 Å². The fourth-order valence-electron chi connectivity index (χ4n) is 2.16. The highest BCUT2D eigenvalue weighted by molar-refractivity contribution is 7.98. The number of nitrogens with zero attached hydrogens (tertiary/aromatic N) is 3. The zero-order valence-electron chi connectivity index (χ0n) is 13.4. The van der Waals surface area contributed by atoms with E-state index >= 15 is 0 Å². The van der Waals surface area contributed by atoms with Crippen molar-refractivity contribution in [3.8, 4) is 17.2 Å². The number of benzene rings is 2. The first-order chi connectivity index (χ1) is 12.2. The highest BCUT2D eigenvalue weighted by atomic mass is 32.2. The Labute approximate surface area is 148 Å². The number of hydrogen-bond acceptors (Lipinski definition) is 7. The minimum atomic E-state index is -0.420. The van der Waals surface area contributed by atoms with Crippen LogP contribution in [0.4, 0.5) is 5.69 Å². The predicted octanol–water partition coefficient (Wildman–Crippen LogP) is 4.34. The smallest absolute Gasteiger partial charge is 0.277 e. The lowest BCUT2D eigenvalue weighted by atomic mass is 10.2. The summed E-state index contributed by atoms with van der Waals surface area (Å²) in [5.41, 5.74) is 1.76. The van der Waals surface area contributed by atoms with Crippen LogP contribution in [0.2, 0.25) is 0 Å². The molecule has 0 spiro atoms. The number of thioether (sulfide) groups is 1. The third-order valence-electron chi connectivity index (χ3n) is 3.33. The molecule has 0 aliphatic carbocycles. The van der Waals surface area contributed by atoms with Crippen LogP contribution in [-0.2, 0) is 5.75 Å². The zero-order chi connectivity index (χ0) is 17.6. The molecule has 3 aromatic rings. The summed E-state index contributed by atoms with van der Waals surface area (Å²) < 4.78 is 11.3. The van der Waals surface area contributed by atoms with Crippen LogP contribution in [0.15, 0.2) is 58.2 Å². The summed E-state index contributed by atoms with van der Waals surface area (Å²) in [6.07, 6.45) is 0. The van der Waals surface area contributed by atoms with Gasteiger partial charge in [0, 0.05) is 17.9 Å². The highest BCUT2D eigenvalue weighted by Crippen LogP contribution is 2.31. The summed E-state index contributed by atoms with van der Waals surface area (Å²) in [6.45, 7) is 2.46. The summed E-state index contributed by atoms with van der Waals surface area (Å²) in [6, 6.07) is 13.9. The zero-order valence-corrected chi connectivity index (χ0v) is 14.2. The maximum Gasteiger partial charge on any atom is 0.277 e. The van der Waals surface area contributed by atoms with Gasteiger partial charge in [-0.1, -0.05) is 36.0 Å². The Balaban J connectivity index is 1.69. The first kappa shape index (κ1) is 17.0. The van der Waals surface area contributed by atoms with Gasteiger partial charge in [-0.3, -0.25) is 10.1 Å². The highest BCUT2D eigenvalue weighted by Gasteiger charge is 2.14. The summed E-state index contributed by atoms with van der Waals surface area (Å²) in [4.78, 5) is 10.2. The fraction of sp³-hybridized carbons (Fsp3) is 0.176. The standard InChI is InChI=1S/C17H15N3O4S/c1-2-23-15-6-4-3-5-14(15)16-18-19-17(24-16)25-11-12-7-9-13(10-8-12)20(21)22/h3-10H,2,11H2,1H3. The van der Waals surface area contributed by atoms with E-state index in [1.807, 2.05) is 31.2 Å². The van der Waals surface area contributed by atoms with Crippen LogP contribution in [0.25, 0.3) is 11.5 Å². The molecule has 128 valence electrons. The number of para-hydroxylation sites is 1. The lowest BCUT2D eigenvalue weighted by Gasteiger charge is -2.06. The molecule has 2 aromatic carbocycles. The Morgan fingerprint density at radius 3 is 2.64 bits per heavy atom. The van der Waals surface area contributed by atoms with E-state index < -0.39 is 4.92 Å². The molecule has 0 saturated carbocycles. The molecular weight excluding hydrogens is 342 g/mol. The van der Waals surface area contributed by atoms with Gasteiger partial charge in [0.1, 0.15) is 5.75 Å². The molecule has 8 heteroatoms. The van der Waals surface area contributed by atoms with E-state index in [0.717, 1.165) is 11.1 Å². The predicted molar refractivity (Wildman–Crippen MR) is 93.6 cm³/mol. The van der Waals surface area contributed by atoms with Crippen molar-refractivity contribution >= 4 is 17.4 Å². The number of ether oxygens (including phenoxy) is 1. The SMILES string of the molecule is CCOc1ccccc1-c1nnc(SCc2ccc([N+](=O)[O-])cc2)o1. The maximum atomic E-state index is 10.7. The van der Waals surface area contributed by atoms with Crippen LogP contribution in [0.3, 0.4) is 0 Å². The van der Waals surface area contributed by atoms with Gasteiger partial charge in [-0.05, 0) is 24.6 Å². The van der Waals surface area contributed by atoms with Crippen LogP contribution in [0.1, 0.15) is 12.5 Å². The Kier molecular flexibility index (Phi) is 5.30. The molecule has 0 aliphatic heterocycles. The Bertz CT molecular complexity index is 864. The maximum absolute atomic E-state index is 10.7. The Hall–Kier alpha value is -2.87. The minimum absolute atomic E-state index is 0.0707. The molecule has 0 atom stereocenters. The van der Waals surface area contributed by atoms with E-state index in [2.05, 4.69) is 10.2 Å². The molecular formula is C17H15N3O4S. The van der Waals surface area contributed by atoms with Crippen LogP contribution >= 0.6 is 11.8 Å². The van der Waals surface area contributed by atoms with E-state index in [1.54, 1.807) is 12.1 Å². The average Bonchev–Trinajstić information content (AvgIpc) is 3.10. The third kappa shape index (κ3) is 4.16. The van der Waals surface area contributed by atoms with Gasteiger partial charge in [0.15, 0.2) is 0 Å². The number of nitro groups is 1. The average molecular weight is 357 g/mol.